The van der Waals surface area contributed by atoms with Gasteiger partial charge in [-0.3, -0.25) is 9.59 Å². The lowest BCUT2D eigenvalue weighted by Gasteiger charge is -2.32. The molecule has 1 aromatic rings. The number of benzene rings is 1. The minimum atomic E-state index is -0.464. The quantitative estimate of drug-likeness (QED) is 0.861. The van der Waals surface area contributed by atoms with Crippen molar-refractivity contribution >= 4 is 33.4 Å². The molecule has 0 spiro atoms. The molecule has 1 aliphatic rings. The van der Waals surface area contributed by atoms with Gasteiger partial charge in [0.2, 0.25) is 11.8 Å². The van der Waals surface area contributed by atoms with Crippen molar-refractivity contribution < 1.29 is 9.59 Å². The molecule has 1 unspecified atom stereocenters. The zero-order valence-corrected chi connectivity index (χ0v) is 12.2. The fourth-order valence-electron chi connectivity index (χ4n) is 2.32. The number of piperazine rings is 1. The van der Waals surface area contributed by atoms with Crippen LogP contribution >= 0.6 is 15.9 Å². The van der Waals surface area contributed by atoms with Crippen LogP contribution in [0.15, 0.2) is 16.6 Å². The molecule has 1 aliphatic heterocycles. The molecule has 0 aliphatic carbocycles. The zero-order chi connectivity index (χ0) is 13.4. The van der Waals surface area contributed by atoms with Crippen molar-refractivity contribution in [1.82, 2.24) is 5.32 Å². The molecule has 1 fully saturated rings. The molecule has 2 rings (SSSR count). The monoisotopic (exact) mass is 310 g/mol. The molecule has 1 atom stereocenters. The number of carbonyl (C=O) groups is 2. The molecule has 0 saturated carbocycles. The van der Waals surface area contributed by atoms with Crippen molar-refractivity contribution in [2.45, 2.75) is 26.8 Å². The fourth-order valence-corrected chi connectivity index (χ4v) is 3.01. The van der Waals surface area contributed by atoms with Crippen LogP contribution in [0.25, 0.3) is 0 Å². The Labute approximate surface area is 114 Å². The summed E-state index contributed by atoms with van der Waals surface area (Å²) in [5.74, 6) is -0.188. The fraction of sp³-hybridized carbons (Fsp3) is 0.385. The Morgan fingerprint density at radius 2 is 1.83 bits per heavy atom. The van der Waals surface area contributed by atoms with Crippen LogP contribution < -0.4 is 10.2 Å². The van der Waals surface area contributed by atoms with Crippen molar-refractivity contribution in [2.24, 2.45) is 0 Å². The van der Waals surface area contributed by atoms with Crippen molar-refractivity contribution in [3.63, 3.8) is 0 Å². The molecular weight excluding hydrogens is 296 g/mol. The maximum Gasteiger partial charge on any atom is 0.249 e. The van der Waals surface area contributed by atoms with Crippen LogP contribution in [0.4, 0.5) is 5.69 Å². The lowest BCUT2D eigenvalue weighted by molar-refractivity contribution is -0.130. The van der Waals surface area contributed by atoms with Gasteiger partial charge in [-0.1, -0.05) is 15.9 Å². The molecule has 0 radical (unpaired) electrons. The Balaban J connectivity index is 2.48. The zero-order valence-electron chi connectivity index (χ0n) is 10.6. The highest BCUT2D eigenvalue weighted by atomic mass is 79.9. The molecule has 0 aromatic heterocycles. The highest BCUT2D eigenvalue weighted by Gasteiger charge is 2.31. The summed E-state index contributed by atoms with van der Waals surface area (Å²) < 4.78 is 0.975. The summed E-state index contributed by atoms with van der Waals surface area (Å²) in [4.78, 5) is 25.3. The molecule has 1 heterocycles. The minimum Gasteiger partial charge on any atom is -0.343 e. The second-order valence-corrected chi connectivity index (χ2v) is 5.52. The summed E-state index contributed by atoms with van der Waals surface area (Å²) in [6.45, 7) is 5.68. The molecule has 5 heteroatoms. The van der Waals surface area contributed by atoms with Gasteiger partial charge in [-0.15, -0.1) is 0 Å². The topological polar surface area (TPSA) is 49.4 Å². The van der Waals surface area contributed by atoms with Gasteiger partial charge in [-0.05, 0) is 44.0 Å². The van der Waals surface area contributed by atoms with Crippen LogP contribution in [-0.4, -0.2) is 24.4 Å². The third-order valence-electron chi connectivity index (χ3n) is 3.04. The first kappa shape index (κ1) is 13.1. The van der Waals surface area contributed by atoms with E-state index >= 15 is 0 Å². The third-order valence-corrected chi connectivity index (χ3v) is 3.50. The number of carbonyl (C=O) groups excluding carboxylic acids is 2. The second-order valence-electron chi connectivity index (χ2n) is 4.60. The normalized spacial score (nSPS) is 20.0. The Kier molecular flexibility index (Phi) is 3.43. The molecular formula is C13H15BrN2O2. The summed E-state index contributed by atoms with van der Waals surface area (Å²) in [6, 6.07) is 3.44. The number of hydrogen-bond donors (Lipinski definition) is 1. The van der Waals surface area contributed by atoms with E-state index in [0.717, 1.165) is 21.3 Å². The summed E-state index contributed by atoms with van der Waals surface area (Å²) >= 11 is 3.43. The van der Waals surface area contributed by atoms with Crippen LogP contribution in [0.1, 0.15) is 18.1 Å². The predicted octanol–water partition coefficient (Wildman–Crippen LogP) is 1.92. The first-order valence-corrected chi connectivity index (χ1v) is 6.57. The summed E-state index contributed by atoms with van der Waals surface area (Å²) in [5, 5.41) is 2.64. The Bertz CT molecular complexity index is 505. The van der Waals surface area contributed by atoms with Gasteiger partial charge in [-0.2, -0.15) is 0 Å². The van der Waals surface area contributed by atoms with Gasteiger partial charge >= 0.3 is 0 Å². The van der Waals surface area contributed by atoms with Gasteiger partial charge in [0.1, 0.15) is 12.6 Å². The van der Waals surface area contributed by atoms with Crippen LogP contribution in [0, 0.1) is 13.8 Å². The highest BCUT2D eigenvalue weighted by molar-refractivity contribution is 9.10. The van der Waals surface area contributed by atoms with E-state index in [1.165, 1.54) is 0 Å². The maximum absolute atomic E-state index is 12.2. The summed E-state index contributed by atoms with van der Waals surface area (Å²) in [5.41, 5.74) is 2.80. The maximum atomic E-state index is 12.2. The van der Waals surface area contributed by atoms with E-state index in [4.69, 9.17) is 0 Å². The van der Waals surface area contributed by atoms with Gasteiger partial charge < -0.3 is 10.2 Å². The molecule has 4 nitrogen and oxygen atoms in total. The van der Waals surface area contributed by atoms with Crippen LogP contribution in [0.5, 0.6) is 0 Å². The number of nitrogens with zero attached hydrogens (tertiary/aromatic N) is 1. The van der Waals surface area contributed by atoms with Gasteiger partial charge in [-0.25, -0.2) is 0 Å². The van der Waals surface area contributed by atoms with Gasteiger partial charge in [0, 0.05) is 4.47 Å². The van der Waals surface area contributed by atoms with Crippen molar-refractivity contribution in [3.8, 4) is 0 Å². The third kappa shape index (κ3) is 2.27. The average Bonchev–Trinajstić information content (AvgIpc) is 2.23. The van der Waals surface area contributed by atoms with Crippen molar-refractivity contribution in [3.05, 3.63) is 27.7 Å². The van der Waals surface area contributed by atoms with E-state index in [2.05, 4.69) is 21.2 Å². The van der Waals surface area contributed by atoms with E-state index in [9.17, 15) is 9.59 Å². The molecule has 0 bridgehead atoms. The van der Waals surface area contributed by atoms with E-state index in [-0.39, 0.29) is 18.4 Å². The molecule has 1 saturated heterocycles. The summed E-state index contributed by atoms with van der Waals surface area (Å²) in [6.07, 6.45) is 0. The van der Waals surface area contributed by atoms with E-state index < -0.39 is 6.04 Å². The SMILES string of the molecule is Cc1cc(Br)cc(C)c1N1CC(=O)NC(C)C1=O. The average molecular weight is 311 g/mol. The number of hydrogen-bond acceptors (Lipinski definition) is 2. The molecule has 18 heavy (non-hydrogen) atoms. The lowest BCUT2D eigenvalue weighted by Crippen LogP contribution is -2.57. The Hall–Kier alpha value is -1.36. The summed E-state index contributed by atoms with van der Waals surface area (Å²) in [7, 11) is 0. The number of rotatable bonds is 1. The van der Waals surface area contributed by atoms with Crippen molar-refractivity contribution in [1.29, 1.82) is 0 Å². The Morgan fingerprint density at radius 1 is 1.28 bits per heavy atom. The van der Waals surface area contributed by atoms with Crippen LogP contribution in [0.2, 0.25) is 0 Å². The number of nitrogens with one attached hydrogen (secondary N) is 1. The second kappa shape index (κ2) is 4.72. The minimum absolute atomic E-state index is 0.0666. The van der Waals surface area contributed by atoms with E-state index in [0.29, 0.717) is 0 Å². The standard InChI is InChI=1S/C13H15BrN2O2/c1-7-4-10(14)5-8(2)12(7)16-6-11(17)15-9(3)13(16)18/h4-5,9H,6H2,1-3H3,(H,15,17). The number of anilines is 1. The highest BCUT2D eigenvalue weighted by Crippen LogP contribution is 2.29. The number of halogens is 1. The lowest BCUT2D eigenvalue weighted by atomic mass is 10.1. The predicted molar refractivity (Wildman–Crippen MR) is 73.6 cm³/mol. The first-order chi connectivity index (χ1) is 8.40. The molecule has 2 amide bonds. The van der Waals surface area contributed by atoms with Gasteiger partial charge in [0.05, 0.1) is 5.69 Å². The first-order valence-electron chi connectivity index (χ1n) is 5.77. The van der Waals surface area contributed by atoms with E-state index in [1.54, 1.807) is 11.8 Å². The molecule has 1 N–H and O–H groups in total. The number of aryl methyl sites for hydroxylation is 2. The van der Waals surface area contributed by atoms with Gasteiger partial charge in [0.15, 0.2) is 0 Å². The largest absolute Gasteiger partial charge is 0.343 e. The van der Waals surface area contributed by atoms with Crippen molar-refractivity contribution in [2.75, 3.05) is 11.4 Å². The van der Waals surface area contributed by atoms with E-state index in [1.807, 2.05) is 26.0 Å². The Morgan fingerprint density at radius 3 is 2.39 bits per heavy atom. The van der Waals surface area contributed by atoms with Crippen LogP contribution in [-0.2, 0) is 9.59 Å². The number of amides is 2. The van der Waals surface area contributed by atoms with Crippen LogP contribution in [0.3, 0.4) is 0 Å². The molecule has 96 valence electrons. The smallest absolute Gasteiger partial charge is 0.249 e. The van der Waals surface area contributed by atoms with Gasteiger partial charge in [0.25, 0.3) is 0 Å². The molecule has 1 aromatic carbocycles.